The van der Waals surface area contributed by atoms with Gasteiger partial charge in [-0.2, -0.15) is 0 Å². The Morgan fingerprint density at radius 2 is 2.19 bits per heavy atom. The van der Waals surface area contributed by atoms with Crippen LogP contribution in [0.5, 0.6) is 0 Å². The van der Waals surface area contributed by atoms with Gasteiger partial charge in [0.25, 0.3) is 0 Å². The lowest BCUT2D eigenvalue weighted by atomic mass is 9.77. The van der Waals surface area contributed by atoms with Crippen molar-refractivity contribution in [1.29, 1.82) is 0 Å². The Hall–Kier alpha value is -1.69. The lowest BCUT2D eigenvalue weighted by molar-refractivity contribution is -0.148. The van der Waals surface area contributed by atoms with Gasteiger partial charge in [-0.25, -0.2) is 9.97 Å². The molecule has 6 nitrogen and oxygen atoms in total. The minimum Gasteiger partial charge on any atom is -0.481 e. The van der Waals surface area contributed by atoms with Crippen molar-refractivity contribution in [2.24, 2.45) is 0 Å². The van der Waals surface area contributed by atoms with Gasteiger partial charge in [-0.3, -0.25) is 4.79 Å². The van der Waals surface area contributed by atoms with Gasteiger partial charge < -0.3 is 15.6 Å². The number of hydrogen-bond acceptors (Lipinski definition) is 5. The fraction of sp³-hybridized carbons (Fsp3) is 0.500. The minimum absolute atomic E-state index is 0.101. The summed E-state index contributed by atoms with van der Waals surface area (Å²) in [6.45, 7) is 0.854. The second-order valence-corrected chi connectivity index (χ2v) is 3.80. The number of nitrogens with two attached hydrogens (primary N) is 1. The van der Waals surface area contributed by atoms with Crippen LogP contribution in [-0.4, -0.2) is 34.3 Å². The molecular formula is C10H13N3O3. The van der Waals surface area contributed by atoms with Crippen molar-refractivity contribution in [1.82, 2.24) is 9.97 Å². The van der Waals surface area contributed by atoms with Crippen molar-refractivity contribution >= 4 is 11.9 Å². The van der Waals surface area contributed by atoms with E-state index < -0.39 is 11.4 Å². The molecule has 0 aliphatic carbocycles. The van der Waals surface area contributed by atoms with Gasteiger partial charge in [0.05, 0.1) is 5.69 Å². The van der Waals surface area contributed by atoms with E-state index in [2.05, 4.69) is 9.97 Å². The van der Waals surface area contributed by atoms with E-state index >= 15 is 0 Å². The van der Waals surface area contributed by atoms with Gasteiger partial charge in [0.2, 0.25) is 5.95 Å². The number of nitrogen functional groups attached to an aromatic ring is 1. The molecule has 3 N–H and O–H groups in total. The van der Waals surface area contributed by atoms with Gasteiger partial charge in [0.15, 0.2) is 0 Å². The van der Waals surface area contributed by atoms with Gasteiger partial charge >= 0.3 is 5.97 Å². The normalized spacial score (nSPS) is 19.2. The standard InChI is InChI=1S/C10H13N3O3/c11-9-12-4-1-7(13-9)10(8(14)15)2-5-16-6-3-10/h1,4H,2-3,5-6H2,(H,14,15)(H2,11,12,13). The minimum atomic E-state index is -0.977. The zero-order valence-electron chi connectivity index (χ0n) is 8.72. The van der Waals surface area contributed by atoms with Crippen molar-refractivity contribution in [2.45, 2.75) is 18.3 Å². The predicted molar refractivity (Wildman–Crippen MR) is 55.8 cm³/mol. The number of rotatable bonds is 2. The van der Waals surface area contributed by atoms with Crippen LogP contribution in [0.3, 0.4) is 0 Å². The molecule has 86 valence electrons. The number of nitrogens with zero attached hydrogens (tertiary/aromatic N) is 2. The van der Waals surface area contributed by atoms with Crippen molar-refractivity contribution in [3.05, 3.63) is 18.0 Å². The van der Waals surface area contributed by atoms with Crippen molar-refractivity contribution in [3.8, 4) is 0 Å². The second kappa shape index (κ2) is 4.05. The van der Waals surface area contributed by atoms with Crippen LogP contribution in [0.2, 0.25) is 0 Å². The van der Waals surface area contributed by atoms with E-state index in [1.165, 1.54) is 6.20 Å². The molecule has 2 rings (SSSR count). The highest BCUT2D eigenvalue weighted by Gasteiger charge is 2.43. The fourth-order valence-electron chi connectivity index (χ4n) is 1.94. The molecule has 1 fully saturated rings. The molecule has 0 aromatic carbocycles. The number of carboxylic acids is 1. The Balaban J connectivity index is 2.42. The van der Waals surface area contributed by atoms with Gasteiger partial charge in [-0.1, -0.05) is 0 Å². The lowest BCUT2D eigenvalue weighted by Crippen LogP contribution is -2.42. The summed E-state index contributed by atoms with van der Waals surface area (Å²) in [5, 5.41) is 9.38. The van der Waals surface area contributed by atoms with Crippen molar-refractivity contribution in [3.63, 3.8) is 0 Å². The first kappa shape index (κ1) is 10.8. The summed E-state index contributed by atoms with van der Waals surface area (Å²) in [4.78, 5) is 19.2. The van der Waals surface area contributed by atoms with Crippen LogP contribution >= 0.6 is 0 Å². The van der Waals surface area contributed by atoms with E-state index in [0.29, 0.717) is 31.7 Å². The summed E-state index contributed by atoms with van der Waals surface area (Å²) in [7, 11) is 0. The third kappa shape index (κ3) is 1.71. The molecule has 1 aromatic heterocycles. The van der Waals surface area contributed by atoms with Crippen LogP contribution in [-0.2, 0) is 14.9 Å². The zero-order chi connectivity index (χ0) is 11.6. The average Bonchev–Trinajstić information content (AvgIpc) is 2.30. The number of ether oxygens (including phenoxy) is 1. The van der Waals surface area contributed by atoms with E-state index in [-0.39, 0.29) is 5.95 Å². The maximum Gasteiger partial charge on any atom is 0.315 e. The quantitative estimate of drug-likeness (QED) is 0.742. The molecule has 0 amide bonds. The van der Waals surface area contributed by atoms with Gasteiger partial charge in [-0.15, -0.1) is 0 Å². The van der Waals surface area contributed by atoms with E-state index in [1.807, 2.05) is 0 Å². The molecule has 0 bridgehead atoms. The smallest absolute Gasteiger partial charge is 0.315 e. The first-order chi connectivity index (χ1) is 7.65. The molecule has 1 aliphatic heterocycles. The molecule has 1 aliphatic rings. The molecule has 6 heteroatoms. The Bertz CT molecular complexity index is 402. The average molecular weight is 223 g/mol. The number of carboxylic acid groups (broad SMARTS) is 1. The van der Waals surface area contributed by atoms with Crippen LogP contribution in [0.25, 0.3) is 0 Å². The number of anilines is 1. The highest BCUT2D eigenvalue weighted by atomic mass is 16.5. The first-order valence-electron chi connectivity index (χ1n) is 5.05. The fourth-order valence-corrected chi connectivity index (χ4v) is 1.94. The van der Waals surface area contributed by atoms with Gasteiger partial charge in [0.1, 0.15) is 5.41 Å². The summed E-state index contributed by atoms with van der Waals surface area (Å²) in [6, 6.07) is 1.61. The highest BCUT2D eigenvalue weighted by molar-refractivity contribution is 5.80. The van der Waals surface area contributed by atoms with E-state index in [4.69, 9.17) is 10.5 Å². The van der Waals surface area contributed by atoms with Crippen LogP contribution in [0.15, 0.2) is 12.3 Å². The maximum atomic E-state index is 11.4. The predicted octanol–water partition coefficient (Wildman–Crippen LogP) is 0.192. The second-order valence-electron chi connectivity index (χ2n) is 3.80. The van der Waals surface area contributed by atoms with E-state index in [0.717, 1.165) is 0 Å². The van der Waals surface area contributed by atoms with Crippen LogP contribution in [0.4, 0.5) is 5.95 Å². The largest absolute Gasteiger partial charge is 0.481 e. The number of carbonyl (C=O) groups is 1. The zero-order valence-corrected chi connectivity index (χ0v) is 8.72. The number of hydrogen-bond donors (Lipinski definition) is 2. The van der Waals surface area contributed by atoms with Crippen LogP contribution < -0.4 is 5.73 Å². The third-order valence-electron chi connectivity index (χ3n) is 2.92. The Kier molecular flexibility index (Phi) is 2.74. The molecule has 0 saturated carbocycles. The summed E-state index contributed by atoms with van der Waals surface area (Å²) in [5.74, 6) is -0.779. The summed E-state index contributed by atoms with van der Waals surface area (Å²) in [5.41, 5.74) is 4.97. The molecule has 0 unspecified atom stereocenters. The number of aliphatic carboxylic acids is 1. The summed E-state index contributed by atoms with van der Waals surface area (Å²) < 4.78 is 5.19. The first-order valence-corrected chi connectivity index (χ1v) is 5.05. The molecular weight excluding hydrogens is 210 g/mol. The molecule has 0 radical (unpaired) electrons. The molecule has 1 saturated heterocycles. The van der Waals surface area contributed by atoms with Gasteiger partial charge in [-0.05, 0) is 18.9 Å². The van der Waals surface area contributed by atoms with Crippen molar-refractivity contribution < 1.29 is 14.6 Å². The van der Waals surface area contributed by atoms with E-state index in [9.17, 15) is 9.90 Å². The molecule has 1 aromatic rings. The summed E-state index contributed by atoms with van der Waals surface area (Å²) >= 11 is 0. The third-order valence-corrected chi connectivity index (χ3v) is 2.92. The topological polar surface area (TPSA) is 98.3 Å². The van der Waals surface area contributed by atoms with Gasteiger partial charge in [0, 0.05) is 19.4 Å². The Morgan fingerprint density at radius 1 is 1.50 bits per heavy atom. The van der Waals surface area contributed by atoms with E-state index in [1.54, 1.807) is 6.07 Å². The Morgan fingerprint density at radius 3 is 2.75 bits per heavy atom. The summed E-state index contributed by atoms with van der Waals surface area (Å²) in [6.07, 6.45) is 2.31. The monoisotopic (exact) mass is 223 g/mol. The lowest BCUT2D eigenvalue weighted by Gasteiger charge is -2.32. The highest BCUT2D eigenvalue weighted by Crippen LogP contribution is 2.33. The molecule has 0 spiro atoms. The van der Waals surface area contributed by atoms with Crippen molar-refractivity contribution in [2.75, 3.05) is 18.9 Å². The number of aromatic nitrogens is 2. The SMILES string of the molecule is Nc1nccc(C2(C(=O)O)CCOCC2)n1. The Labute approximate surface area is 92.5 Å². The van der Waals surface area contributed by atoms with Crippen LogP contribution in [0, 0.1) is 0 Å². The molecule has 2 heterocycles. The molecule has 0 atom stereocenters. The molecule has 16 heavy (non-hydrogen) atoms. The maximum absolute atomic E-state index is 11.4. The van der Waals surface area contributed by atoms with Crippen LogP contribution in [0.1, 0.15) is 18.5 Å².